The molecule has 0 saturated carbocycles. The number of hydrogen-bond donors (Lipinski definition) is 2. The molecule has 0 saturated heterocycles. The lowest BCUT2D eigenvalue weighted by atomic mass is 10.3. The summed E-state index contributed by atoms with van der Waals surface area (Å²) in [6, 6.07) is 7.75. The molecule has 17 heavy (non-hydrogen) atoms. The van der Waals surface area contributed by atoms with Gasteiger partial charge in [-0.25, -0.2) is 9.97 Å². The molecular formula is C11H9N5O. The standard InChI is InChI=1S/C11H9N5O/c17-7-13-10-5-16(6-12-10)11-14-8-3-1-2-4-9(8)15-11/h1-7H,(H,13,17)(H,14,15). The van der Waals surface area contributed by atoms with Gasteiger partial charge in [0.1, 0.15) is 6.33 Å². The number of amides is 1. The fourth-order valence-corrected chi connectivity index (χ4v) is 1.64. The van der Waals surface area contributed by atoms with E-state index in [0.29, 0.717) is 18.2 Å². The molecule has 2 aromatic heterocycles. The highest BCUT2D eigenvalue weighted by Gasteiger charge is 2.05. The number of aromatic amines is 1. The first-order valence-corrected chi connectivity index (χ1v) is 5.06. The molecule has 0 radical (unpaired) electrons. The lowest BCUT2D eigenvalue weighted by molar-refractivity contribution is -0.105. The fraction of sp³-hybridized carbons (Fsp3) is 0. The minimum Gasteiger partial charge on any atom is -0.323 e. The molecule has 2 N–H and O–H groups in total. The topological polar surface area (TPSA) is 75.6 Å². The second-order valence-corrected chi connectivity index (χ2v) is 3.51. The summed E-state index contributed by atoms with van der Waals surface area (Å²) in [6.45, 7) is 0. The second kappa shape index (κ2) is 3.75. The molecule has 0 aliphatic carbocycles. The van der Waals surface area contributed by atoms with Crippen LogP contribution in [0.1, 0.15) is 0 Å². The molecular weight excluding hydrogens is 218 g/mol. The molecule has 3 rings (SSSR count). The number of fused-ring (bicyclic) bond motifs is 1. The van der Waals surface area contributed by atoms with Gasteiger partial charge in [0, 0.05) is 0 Å². The number of anilines is 1. The molecule has 0 fully saturated rings. The van der Waals surface area contributed by atoms with Crippen LogP contribution in [-0.4, -0.2) is 25.9 Å². The molecule has 3 aromatic rings. The molecule has 0 aliphatic heterocycles. The first-order chi connectivity index (χ1) is 8.36. The van der Waals surface area contributed by atoms with Crippen LogP contribution >= 0.6 is 0 Å². The first-order valence-electron chi connectivity index (χ1n) is 5.06. The highest BCUT2D eigenvalue weighted by atomic mass is 16.1. The van der Waals surface area contributed by atoms with Gasteiger partial charge in [0.15, 0.2) is 5.82 Å². The van der Waals surface area contributed by atoms with E-state index in [1.54, 1.807) is 17.1 Å². The van der Waals surface area contributed by atoms with Crippen LogP contribution in [-0.2, 0) is 4.79 Å². The summed E-state index contributed by atoms with van der Waals surface area (Å²) in [4.78, 5) is 21.9. The Labute approximate surface area is 96.3 Å². The van der Waals surface area contributed by atoms with E-state index in [1.807, 2.05) is 24.3 Å². The number of carbonyl (C=O) groups excluding carboxylic acids is 1. The Bertz CT molecular complexity index is 636. The van der Waals surface area contributed by atoms with E-state index in [1.165, 1.54) is 0 Å². The molecule has 0 spiro atoms. The monoisotopic (exact) mass is 227 g/mol. The van der Waals surface area contributed by atoms with Crippen molar-refractivity contribution in [3.63, 3.8) is 0 Å². The largest absolute Gasteiger partial charge is 0.323 e. The van der Waals surface area contributed by atoms with Gasteiger partial charge in [-0.1, -0.05) is 12.1 Å². The van der Waals surface area contributed by atoms with Gasteiger partial charge in [0.05, 0.1) is 17.2 Å². The third-order valence-corrected chi connectivity index (χ3v) is 2.41. The van der Waals surface area contributed by atoms with Crippen molar-refractivity contribution in [2.24, 2.45) is 0 Å². The summed E-state index contributed by atoms with van der Waals surface area (Å²) in [5.74, 6) is 1.15. The van der Waals surface area contributed by atoms with E-state index in [-0.39, 0.29) is 0 Å². The minimum atomic E-state index is 0.487. The maximum absolute atomic E-state index is 10.3. The van der Waals surface area contributed by atoms with Crippen LogP contribution in [0.3, 0.4) is 0 Å². The van der Waals surface area contributed by atoms with E-state index < -0.39 is 0 Å². The van der Waals surface area contributed by atoms with Gasteiger partial charge in [-0.2, -0.15) is 0 Å². The van der Waals surface area contributed by atoms with E-state index in [4.69, 9.17) is 0 Å². The minimum absolute atomic E-state index is 0.487. The smallest absolute Gasteiger partial charge is 0.213 e. The van der Waals surface area contributed by atoms with Crippen LogP contribution in [0.2, 0.25) is 0 Å². The molecule has 1 amide bonds. The zero-order valence-corrected chi connectivity index (χ0v) is 8.79. The Hall–Kier alpha value is -2.63. The van der Waals surface area contributed by atoms with Crippen molar-refractivity contribution in [3.05, 3.63) is 36.8 Å². The number of aromatic nitrogens is 4. The zero-order valence-electron chi connectivity index (χ0n) is 8.79. The Kier molecular flexibility index (Phi) is 2.11. The van der Waals surface area contributed by atoms with E-state index in [0.717, 1.165) is 11.0 Å². The Morgan fingerprint density at radius 1 is 1.35 bits per heavy atom. The Morgan fingerprint density at radius 3 is 3.06 bits per heavy atom. The van der Waals surface area contributed by atoms with Gasteiger partial charge in [-0.15, -0.1) is 0 Å². The van der Waals surface area contributed by atoms with Crippen LogP contribution in [0, 0.1) is 0 Å². The Balaban J connectivity index is 2.04. The number of nitrogens with zero attached hydrogens (tertiary/aromatic N) is 3. The van der Waals surface area contributed by atoms with Gasteiger partial charge in [-0.3, -0.25) is 9.36 Å². The van der Waals surface area contributed by atoms with Crippen LogP contribution in [0.25, 0.3) is 17.0 Å². The van der Waals surface area contributed by atoms with Crippen molar-refractivity contribution in [1.82, 2.24) is 19.5 Å². The summed E-state index contributed by atoms with van der Waals surface area (Å²) < 4.78 is 1.71. The van der Waals surface area contributed by atoms with Crippen molar-refractivity contribution < 1.29 is 4.79 Å². The maximum Gasteiger partial charge on any atom is 0.213 e. The third kappa shape index (κ3) is 1.65. The normalized spacial score (nSPS) is 10.6. The molecule has 6 heteroatoms. The number of carbonyl (C=O) groups is 1. The molecule has 1 aromatic carbocycles. The quantitative estimate of drug-likeness (QED) is 0.662. The lowest BCUT2D eigenvalue weighted by Crippen LogP contribution is -1.94. The molecule has 2 heterocycles. The number of para-hydroxylation sites is 2. The first kappa shape index (κ1) is 9.59. The summed E-state index contributed by atoms with van der Waals surface area (Å²) >= 11 is 0. The number of H-pyrrole nitrogens is 1. The van der Waals surface area contributed by atoms with Crippen molar-refractivity contribution in [2.75, 3.05) is 5.32 Å². The fourth-order valence-electron chi connectivity index (χ4n) is 1.64. The average Bonchev–Trinajstić information content (AvgIpc) is 2.94. The van der Waals surface area contributed by atoms with Crippen LogP contribution in [0.5, 0.6) is 0 Å². The molecule has 0 bridgehead atoms. The van der Waals surface area contributed by atoms with Gasteiger partial charge >= 0.3 is 0 Å². The molecule has 0 aliphatic rings. The maximum atomic E-state index is 10.3. The predicted octanol–water partition coefficient (Wildman–Crippen LogP) is 1.32. The van der Waals surface area contributed by atoms with E-state index >= 15 is 0 Å². The summed E-state index contributed by atoms with van der Waals surface area (Å²) in [6.07, 6.45) is 3.86. The van der Waals surface area contributed by atoms with Crippen LogP contribution in [0.4, 0.5) is 5.82 Å². The Morgan fingerprint density at radius 2 is 2.24 bits per heavy atom. The summed E-state index contributed by atoms with van der Waals surface area (Å²) in [5, 5.41) is 2.48. The highest BCUT2D eigenvalue weighted by molar-refractivity contribution is 5.76. The average molecular weight is 227 g/mol. The molecule has 0 unspecified atom stereocenters. The number of nitrogens with one attached hydrogen (secondary N) is 2. The third-order valence-electron chi connectivity index (χ3n) is 2.41. The van der Waals surface area contributed by atoms with Crippen LogP contribution in [0.15, 0.2) is 36.8 Å². The summed E-state index contributed by atoms with van der Waals surface area (Å²) in [7, 11) is 0. The number of hydrogen-bond acceptors (Lipinski definition) is 3. The SMILES string of the molecule is O=CNc1cn(-c2nc3ccccc3[nH]2)cn1. The highest BCUT2D eigenvalue weighted by Crippen LogP contribution is 2.14. The van der Waals surface area contributed by atoms with Crippen molar-refractivity contribution in [1.29, 1.82) is 0 Å². The number of rotatable bonds is 3. The lowest BCUT2D eigenvalue weighted by Gasteiger charge is -1.93. The van der Waals surface area contributed by atoms with Gasteiger partial charge in [0.2, 0.25) is 12.4 Å². The van der Waals surface area contributed by atoms with E-state index in [2.05, 4.69) is 20.3 Å². The summed E-state index contributed by atoms with van der Waals surface area (Å²) in [5.41, 5.74) is 1.85. The second-order valence-electron chi connectivity index (χ2n) is 3.51. The molecule has 6 nitrogen and oxygen atoms in total. The van der Waals surface area contributed by atoms with Gasteiger partial charge < -0.3 is 10.3 Å². The van der Waals surface area contributed by atoms with Gasteiger partial charge in [0.25, 0.3) is 0 Å². The predicted molar refractivity (Wildman–Crippen MR) is 62.9 cm³/mol. The number of benzene rings is 1. The van der Waals surface area contributed by atoms with E-state index in [9.17, 15) is 4.79 Å². The van der Waals surface area contributed by atoms with Crippen LogP contribution < -0.4 is 5.32 Å². The van der Waals surface area contributed by atoms with Gasteiger partial charge in [-0.05, 0) is 12.1 Å². The van der Waals surface area contributed by atoms with Crippen molar-refractivity contribution >= 4 is 23.3 Å². The molecule has 0 atom stereocenters. The number of imidazole rings is 2. The van der Waals surface area contributed by atoms with Crippen molar-refractivity contribution in [2.45, 2.75) is 0 Å². The molecule has 84 valence electrons. The van der Waals surface area contributed by atoms with Crippen molar-refractivity contribution in [3.8, 4) is 5.95 Å². The zero-order chi connectivity index (χ0) is 11.7.